The maximum atomic E-state index is 6.17. The molecule has 0 aromatic rings. The molecule has 21 heavy (non-hydrogen) atoms. The Morgan fingerprint density at radius 2 is 2.05 bits per heavy atom. The third kappa shape index (κ3) is 6.08. The Bertz CT molecular complexity index is 327. The molecule has 1 fully saturated rings. The van der Waals surface area contributed by atoms with Crippen LogP contribution in [0.2, 0.25) is 18.1 Å². The third-order valence-electron chi connectivity index (χ3n) is 4.68. The first-order valence-electron chi connectivity index (χ1n) is 8.20. The maximum Gasteiger partial charge on any atom is 0.191 e. The summed E-state index contributed by atoms with van der Waals surface area (Å²) in [7, 11) is 0.178. The van der Waals surface area contributed by atoms with Gasteiger partial charge in [0.25, 0.3) is 0 Å². The van der Waals surface area contributed by atoms with E-state index < -0.39 is 8.32 Å². The average molecular weight is 315 g/mol. The quantitative estimate of drug-likeness (QED) is 0.387. The Hall–Kier alpha value is -0.393. The summed E-state index contributed by atoms with van der Waals surface area (Å²) in [5.74, 6) is 0. The molecule has 124 valence electrons. The molecule has 0 N–H and O–H groups in total. The van der Waals surface area contributed by atoms with Gasteiger partial charge >= 0.3 is 0 Å². The van der Waals surface area contributed by atoms with Crippen LogP contribution in [0.3, 0.4) is 0 Å². The first kappa shape index (κ1) is 18.7. The van der Waals surface area contributed by atoms with Crippen molar-refractivity contribution >= 4 is 14.5 Å². The van der Waals surface area contributed by atoms with E-state index in [4.69, 9.17) is 9.16 Å². The lowest BCUT2D eigenvalue weighted by Crippen LogP contribution is -2.40. The van der Waals surface area contributed by atoms with Crippen molar-refractivity contribution < 1.29 is 9.16 Å². The highest BCUT2D eigenvalue weighted by molar-refractivity contribution is 6.74. The van der Waals surface area contributed by atoms with E-state index >= 15 is 0 Å². The minimum atomic E-state index is -1.58. The number of ether oxygens (including phenoxy) is 1. The monoisotopic (exact) mass is 314 g/mol. The summed E-state index contributed by atoms with van der Waals surface area (Å²) < 4.78 is 11.4. The summed E-state index contributed by atoms with van der Waals surface area (Å²) in [6, 6.07) is 0.467. The molecule has 0 bridgehead atoms. The summed E-state index contributed by atoms with van der Waals surface area (Å²) in [5.41, 5.74) is 0. The van der Waals surface area contributed by atoms with E-state index in [0.29, 0.717) is 11.1 Å². The molecule has 1 aliphatic rings. The van der Waals surface area contributed by atoms with Gasteiger partial charge in [0.1, 0.15) is 0 Å². The number of hydrogen-bond donors (Lipinski definition) is 0. The molecule has 1 atom stereocenters. The Labute approximate surface area is 132 Å². The number of methoxy groups -OCH3 is 1. The molecule has 4 nitrogen and oxygen atoms in total. The molecule has 0 saturated carbocycles. The number of hydrogen-bond acceptors (Lipinski definition) is 4. The zero-order chi connectivity index (χ0) is 15.9. The predicted octanol–water partition coefficient (Wildman–Crippen LogP) is 3.89. The highest BCUT2D eigenvalue weighted by atomic mass is 28.4. The second-order valence-electron chi connectivity index (χ2n) is 7.46. The second kappa shape index (κ2) is 8.29. The molecule has 1 rings (SSSR count). The Morgan fingerprint density at radius 3 is 2.67 bits per heavy atom. The lowest BCUT2D eigenvalue weighted by Gasteiger charge is -2.36. The van der Waals surface area contributed by atoms with Gasteiger partial charge in [0.05, 0.1) is 12.6 Å². The van der Waals surface area contributed by atoms with Crippen molar-refractivity contribution in [2.45, 2.75) is 70.6 Å². The first-order valence-corrected chi connectivity index (χ1v) is 11.1. The van der Waals surface area contributed by atoms with Crippen LogP contribution in [0.25, 0.3) is 0 Å². The van der Waals surface area contributed by atoms with E-state index in [9.17, 15) is 0 Å². The average Bonchev–Trinajstić information content (AvgIpc) is 2.80. The normalized spacial score (nSPS) is 20.7. The highest BCUT2D eigenvalue weighted by Crippen LogP contribution is 2.36. The maximum absolute atomic E-state index is 6.17. The van der Waals surface area contributed by atoms with E-state index in [1.165, 1.54) is 12.8 Å². The molecule has 0 amide bonds. The zero-order valence-electron chi connectivity index (χ0n) is 14.8. The van der Waals surface area contributed by atoms with Crippen molar-refractivity contribution in [2.24, 2.45) is 5.10 Å². The fourth-order valence-corrected chi connectivity index (χ4v) is 3.30. The Balaban J connectivity index is 2.21. The molecule has 1 aliphatic heterocycles. The van der Waals surface area contributed by atoms with Crippen molar-refractivity contribution in [1.82, 2.24) is 5.01 Å². The van der Waals surface area contributed by atoms with E-state index in [0.717, 1.165) is 32.6 Å². The predicted molar refractivity (Wildman–Crippen MR) is 92.5 cm³/mol. The smallest absolute Gasteiger partial charge is 0.191 e. The molecular weight excluding hydrogens is 280 g/mol. The van der Waals surface area contributed by atoms with Gasteiger partial charge in [0, 0.05) is 26.5 Å². The van der Waals surface area contributed by atoms with Crippen molar-refractivity contribution in [2.75, 3.05) is 26.9 Å². The van der Waals surface area contributed by atoms with Crippen molar-refractivity contribution in [3.63, 3.8) is 0 Å². The number of rotatable bonds is 8. The molecule has 0 unspecified atom stereocenters. The summed E-state index contributed by atoms with van der Waals surface area (Å²) in [6.45, 7) is 14.2. The number of hydrazone groups is 1. The van der Waals surface area contributed by atoms with Gasteiger partial charge in [-0.15, -0.1) is 0 Å². The van der Waals surface area contributed by atoms with Gasteiger partial charge in [-0.2, -0.15) is 5.10 Å². The summed E-state index contributed by atoms with van der Waals surface area (Å²) >= 11 is 0. The fraction of sp³-hybridized carbons (Fsp3) is 0.938. The summed E-state index contributed by atoms with van der Waals surface area (Å²) in [5, 5.41) is 7.06. The summed E-state index contributed by atoms with van der Waals surface area (Å²) in [4.78, 5) is 0. The second-order valence-corrected chi connectivity index (χ2v) is 12.3. The molecular formula is C16H34N2O2Si. The number of nitrogens with zero attached hydrogens (tertiary/aromatic N) is 2. The van der Waals surface area contributed by atoms with E-state index in [-0.39, 0.29) is 0 Å². The molecule has 0 aliphatic carbocycles. The van der Waals surface area contributed by atoms with E-state index in [2.05, 4.69) is 44.0 Å². The van der Waals surface area contributed by atoms with Crippen LogP contribution < -0.4 is 0 Å². The number of unbranched alkanes of at least 4 members (excludes halogenated alkanes) is 1. The van der Waals surface area contributed by atoms with Crippen LogP contribution in [0, 0.1) is 0 Å². The molecule has 1 heterocycles. The Kier molecular flexibility index (Phi) is 7.37. The molecule has 1 saturated heterocycles. The van der Waals surface area contributed by atoms with Crippen molar-refractivity contribution in [1.29, 1.82) is 0 Å². The van der Waals surface area contributed by atoms with Crippen LogP contribution >= 0.6 is 0 Å². The zero-order valence-corrected chi connectivity index (χ0v) is 15.8. The van der Waals surface area contributed by atoms with Crippen LogP contribution in [0.5, 0.6) is 0 Å². The SMILES string of the molecule is COC[C@@H]1CCCN1/N=C/CCCO[Si](C)(C)C(C)(C)C. The minimum Gasteiger partial charge on any atom is -0.417 e. The van der Waals surface area contributed by atoms with E-state index in [1.807, 2.05) is 6.21 Å². The van der Waals surface area contributed by atoms with Gasteiger partial charge in [-0.1, -0.05) is 20.8 Å². The molecule has 0 spiro atoms. The lowest BCUT2D eigenvalue weighted by molar-refractivity contribution is 0.118. The van der Waals surface area contributed by atoms with E-state index in [1.54, 1.807) is 7.11 Å². The lowest BCUT2D eigenvalue weighted by atomic mass is 10.2. The standard InChI is InChI=1S/C16H34N2O2Si/c1-16(2,3)21(5,6)20-13-8-7-11-17-18-12-9-10-15(18)14-19-4/h11,15H,7-10,12-14H2,1-6H3/b17-11+/t15-/m0/s1. The molecule has 0 aromatic heterocycles. The van der Waals surface area contributed by atoms with Crippen LogP contribution in [-0.2, 0) is 9.16 Å². The minimum absolute atomic E-state index is 0.296. The fourth-order valence-electron chi connectivity index (χ4n) is 2.22. The largest absolute Gasteiger partial charge is 0.417 e. The van der Waals surface area contributed by atoms with Gasteiger partial charge in [-0.25, -0.2) is 0 Å². The third-order valence-corrected chi connectivity index (χ3v) is 9.22. The molecule has 5 heteroatoms. The van der Waals surface area contributed by atoms with Crippen LogP contribution in [0.15, 0.2) is 5.10 Å². The summed E-state index contributed by atoms with van der Waals surface area (Å²) in [6.07, 6.45) is 6.51. The van der Waals surface area contributed by atoms with Crippen LogP contribution in [-0.4, -0.2) is 52.5 Å². The topological polar surface area (TPSA) is 34.1 Å². The first-order chi connectivity index (χ1) is 9.78. The van der Waals surface area contributed by atoms with Crippen molar-refractivity contribution in [3.05, 3.63) is 0 Å². The van der Waals surface area contributed by atoms with Crippen LogP contribution in [0.1, 0.15) is 46.5 Å². The van der Waals surface area contributed by atoms with Crippen molar-refractivity contribution in [3.8, 4) is 0 Å². The van der Waals surface area contributed by atoms with Gasteiger partial charge in [-0.05, 0) is 43.8 Å². The van der Waals surface area contributed by atoms with Crippen LogP contribution in [0.4, 0.5) is 0 Å². The molecule has 0 radical (unpaired) electrons. The van der Waals surface area contributed by atoms with Gasteiger partial charge in [-0.3, -0.25) is 5.01 Å². The highest BCUT2D eigenvalue weighted by Gasteiger charge is 2.36. The Morgan fingerprint density at radius 1 is 1.33 bits per heavy atom. The van der Waals surface area contributed by atoms with Gasteiger partial charge < -0.3 is 9.16 Å². The molecule has 0 aromatic carbocycles. The van der Waals surface area contributed by atoms with Gasteiger partial charge in [0.15, 0.2) is 8.32 Å². The van der Waals surface area contributed by atoms with Gasteiger partial charge in [0.2, 0.25) is 0 Å².